The molecule has 2 amide bonds. The first kappa shape index (κ1) is 54.8. The van der Waals surface area contributed by atoms with Crippen molar-refractivity contribution in [3.05, 3.63) is 29.4 Å². The van der Waals surface area contributed by atoms with Crippen molar-refractivity contribution in [2.75, 3.05) is 26.0 Å². The first-order chi connectivity index (χ1) is 31.8. The normalized spacial score (nSPS) is 36.1. The van der Waals surface area contributed by atoms with Crippen LogP contribution in [0, 0.1) is 23.7 Å². The molecule has 0 radical (unpaired) electrons. The number of anilines is 1. The molecule has 14 atom stereocenters. The third kappa shape index (κ3) is 12.6. The molecule has 0 aromatic carbocycles. The number of amides is 2. The van der Waals surface area contributed by atoms with Crippen LogP contribution in [0.4, 0.5) is 10.2 Å². The number of halogens is 1. The number of cyclic esters (lactones) is 1. The number of hydrogen-bond donors (Lipinski definition) is 4. The van der Waals surface area contributed by atoms with E-state index < -0.39 is 89.0 Å². The van der Waals surface area contributed by atoms with Crippen molar-refractivity contribution in [1.82, 2.24) is 14.9 Å². The third-order valence-corrected chi connectivity index (χ3v) is 14.6. The van der Waals surface area contributed by atoms with Crippen LogP contribution in [-0.2, 0) is 49.6 Å². The number of carbonyl (C=O) groups excluding carboxylic acids is 4. The molecule has 18 nitrogen and oxygen atoms in total. The van der Waals surface area contributed by atoms with Gasteiger partial charge in [0.15, 0.2) is 18.7 Å². The van der Waals surface area contributed by atoms with Crippen molar-refractivity contribution in [1.29, 1.82) is 0 Å². The minimum absolute atomic E-state index is 0.0357. The Morgan fingerprint density at radius 3 is 2.46 bits per heavy atom. The molecular weight excluding hydrogens is 902 g/mol. The number of ether oxygens (including phenoxy) is 4. The van der Waals surface area contributed by atoms with Gasteiger partial charge in [0.1, 0.15) is 28.6 Å². The molecule has 0 aliphatic carbocycles. The Bertz CT molecular complexity index is 2150. The topological polar surface area (TPSA) is 247 Å². The summed E-state index contributed by atoms with van der Waals surface area (Å²) in [4.78, 5) is 75.3. The lowest BCUT2D eigenvalue weighted by atomic mass is 9.68. The van der Waals surface area contributed by atoms with E-state index >= 15 is 4.39 Å². The molecule has 5 N–H and O–H groups in total. The smallest absolute Gasteiger partial charge is 0.351 e. The lowest BCUT2D eigenvalue weighted by Gasteiger charge is -2.48. The van der Waals surface area contributed by atoms with Crippen LogP contribution in [0.15, 0.2) is 33.9 Å². The summed E-state index contributed by atoms with van der Waals surface area (Å²) in [5.74, 6) is -6.42. The molecule has 20 heteroatoms. The van der Waals surface area contributed by atoms with Crippen molar-refractivity contribution in [3.8, 4) is 10.6 Å². The van der Waals surface area contributed by atoms with E-state index in [4.69, 9.17) is 29.5 Å². The number of carbonyl (C=O) groups is 4. The Hall–Kier alpha value is -4.15. The summed E-state index contributed by atoms with van der Waals surface area (Å²) < 4.78 is 42.7. The molecule has 3 aliphatic heterocycles. The number of nitrogens with zero attached hydrogens (tertiary/aromatic N) is 5. The van der Waals surface area contributed by atoms with Crippen LogP contribution in [0.25, 0.3) is 10.6 Å². The van der Waals surface area contributed by atoms with Gasteiger partial charge >= 0.3 is 5.97 Å². The van der Waals surface area contributed by atoms with Gasteiger partial charge in [0.25, 0.3) is 5.67 Å². The molecule has 2 aromatic heterocycles. The summed E-state index contributed by atoms with van der Waals surface area (Å²) in [6, 6.07) is 2.47. The second kappa shape index (κ2) is 22.7. The molecule has 5 heterocycles. The Labute approximate surface area is 403 Å². The van der Waals surface area contributed by atoms with Gasteiger partial charge in [0.2, 0.25) is 11.8 Å². The van der Waals surface area contributed by atoms with Gasteiger partial charge in [0, 0.05) is 47.2 Å². The number of aliphatic hydroxyl groups is 2. The second-order valence-corrected chi connectivity index (χ2v) is 20.4. The van der Waals surface area contributed by atoms with E-state index in [1.165, 1.54) is 25.2 Å². The van der Waals surface area contributed by atoms with Crippen molar-refractivity contribution >= 4 is 52.1 Å². The number of aliphatic hydroxyl groups excluding tert-OH is 1. The molecule has 2 aromatic rings. The highest BCUT2D eigenvalue weighted by atomic mass is 32.1. The zero-order valence-electron chi connectivity index (χ0n) is 41.5. The molecule has 3 fully saturated rings. The molecule has 68 heavy (non-hydrogen) atoms. The van der Waals surface area contributed by atoms with Crippen molar-refractivity contribution < 1.29 is 57.6 Å². The van der Waals surface area contributed by atoms with Gasteiger partial charge < -0.3 is 49.9 Å². The largest absolute Gasteiger partial charge is 0.457 e. The van der Waals surface area contributed by atoms with Crippen LogP contribution in [0.5, 0.6) is 0 Å². The molecule has 3 aliphatic rings. The van der Waals surface area contributed by atoms with E-state index in [-0.39, 0.29) is 63.2 Å². The highest BCUT2D eigenvalue weighted by Crippen LogP contribution is 2.43. The fraction of sp³-hybridized carbons (Fsp3) is 0.708. The highest BCUT2D eigenvalue weighted by Gasteiger charge is 2.56. The molecule has 5 rings (SSSR count). The number of likely N-dealkylation sites (N-methyl/N-ethyl adjacent to an activating group) is 1. The predicted octanol–water partition coefficient (Wildman–Crippen LogP) is 5.42. The van der Waals surface area contributed by atoms with E-state index in [1.807, 2.05) is 45.8 Å². The van der Waals surface area contributed by atoms with Gasteiger partial charge in [-0.2, -0.15) is 0 Å². The minimum Gasteiger partial charge on any atom is -0.457 e. The molecule has 0 saturated carbocycles. The number of esters is 1. The number of rotatable bonds is 11. The SMILES string of the molecule is CCC(=O)/N=C1\[C@H](C)C[C@@]2(C)OC/C(=N/OCc3ccc(-c4nc(NC(=O)[C@H](C)N)cs4)cn3)CC[C@H]([C@H]1C)[C@](C)(O)[C@@H](CC)OC(=O)[C@@](C)(F)C(=O)[C@H](C)[C@H]2O[C@@H]1O[C@H](C)C[C@H](N(C)C)[C@H]1O. The first-order valence-electron chi connectivity index (χ1n) is 23.6. The minimum atomic E-state index is -3.20. The van der Waals surface area contributed by atoms with Crippen LogP contribution < -0.4 is 11.1 Å². The van der Waals surface area contributed by atoms with Crippen LogP contribution in [0.1, 0.15) is 113 Å². The number of Topliss-reactive ketones (excluding diaryl/α,β-unsaturated/α-hetero) is 1. The Balaban J connectivity index is 1.60. The van der Waals surface area contributed by atoms with Crippen LogP contribution in [-0.4, -0.2) is 140 Å². The van der Waals surface area contributed by atoms with Gasteiger partial charge in [-0.25, -0.2) is 19.2 Å². The van der Waals surface area contributed by atoms with Crippen LogP contribution >= 0.6 is 11.3 Å². The zero-order valence-corrected chi connectivity index (χ0v) is 42.3. The van der Waals surface area contributed by atoms with Gasteiger partial charge in [-0.15, -0.1) is 11.3 Å². The number of pyridine rings is 1. The van der Waals surface area contributed by atoms with Crippen molar-refractivity contribution in [3.63, 3.8) is 0 Å². The van der Waals surface area contributed by atoms with Crippen LogP contribution in [0.3, 0.4) is 0 Å². The van der Waals surface area contributed by atoms with E-state index in [0.29, 0.717) is 39.9 Å². The zero-order chi connectivity index (χ0) is 50.5. The first-order valence-corrected chi connectivity index (χ1v) is 24.4. The van der Waals surface area contributed by atoms with Gasteiger partial charge in [-0.3, -0.25) is 19.4 Å². The maximum Gasteiger partial charge on any atom is 0.351 e. The standard InChI is InChI=1S/C48H72FN7O11S/c1-13-35-48(10,62)33-18-17-32(55-64-23-31-16-15-30(21-51-31)43-53-36(24-68-43)52-42(60)29(7)50)22-63-46(8,20-25(3)38(27(33)5)54-37(57)14-2)41(28(6)40(59)47(9,49)45(61)66-35)67-44-39(58)34(56(11)12)19-26(4)65-44/h15-16,21,24-29,33-35,39,41,44,58,62H,13-14,17-20,22-23,50H2,1-12H3,(H,52,60)/b54-38+,55-32+/t25-,26-,27-,28+,29+,33-,34+,35-,39-,41-,44+,46-,47+,48+/m1/s1. The summed E-state index contributed by atoms with van der Waals surface area (Å²) in [6.07, 6.45) is -2.96. The Morgan fingerprint density at radius 1 is 1.13 bits per heavy atom. The number of nitrogens with one attached hydrogen (secondary N) is 1. The van der Waals surface area contributed by atoms with Crippen molar-refractivity contribution in [2.24, 2.45) is 39.6 Å². The number of nitrogens with two attached hydrogens (primary N) is 1. The average molecular weight is 974 g/mol. The molecule has 0 spiro atoms. The lowest BCUT2D eigenvalue weighted by molar-refractivity contribution is -0.296. The van der Waals surface area contributed by atoms with E-state index in [0.717, 1.165) is 6.92 Å². The van der Waals surface area contributed by atoms with Gasteiger partial charge in [-0.05, 0) is 105 Å². The van der Waals surface area contributed by atoms with Crippen molar-refractivity contribution in [2.45, 2.75) is 174 Å². The van der Waals surface area contributed by atoms with E-state index in [1.54, 1.807) is 45.3 Å². The highest BCUT2D eigenvalue weighted by molar-refractivity contribution is 7.13. The number of oxime groups is 1. The van der Waals surface area contributed by atoms with Gasteiger partial charge in [0.05, 0.1) is 41.9 Å². The Morgan fingerprint density at radius 2 is 1.84 bits per heavy atom. The number of aliphatic imine (C=N–C) groups is 1. The number of aromatic nitrogens is 2. The fourth-order valence-electron chi connectivity index (χ4n) is 9.70. The summed E-state index contributed by atoms with van der Waals surface area (Å²) >= 11 is 1.33. The molecule has 0 unspecified atom stereocenters. The summed E-state index contributed by atoms with van der Waals surface area (Å²) in [7, 11) is 3.64. The molecule has 3 saturated heterocycles. The average Bonchev–Trinajstić information content (AvgIpc) is 3.75. The monoisotopic (exact) mass is 973 g/mol. The molecular formula is C48H72FN7O11S. The van der Waals surface area contributed by atoms with E-state index in [9.17, 15) is 29.4 Å². The number of thiazole rings is 1. The number of hydrogen-bond acceptors (Lipinski definition) is 17. The third-order valence-electron chi connectivity index (χ3n) is 13.7. The summed E-state index contributed by atoms with van der Waals surface area (Å²) in [6.45, 7) is 15.8. The Kier molecular flexibility index (Phi) is 18.3. The molecule has 2 bridgehead atoms. The fourth-order valence-corrected chi connectivity index (χ4v) is 10.4. The van der Waals surface area contributed by atoms with Gasteiger partial charge in [-0.1, -0.05) is 39.8 Å². The number of ketones is 1. The van der Waals surface area contributed by atoms with E-state index in [2.05, 4.69) is 25.4 Å². The predicted molar refractivity (Wildman–Crippen MR) is 254 cm³/mol. The maximum absolute atomic E-state index is 17.0. The second-order valence-electron chi connectivity index (χ2n) is 19.5. The lowest BCUT2D eigenvalue weighted by Crippen LogP contribution is -2.61. The van der Waals surface area contributed by atoms with Crippen LogP contribution in [0.2, 0.25) is 0 Å². The summed E-state index contributed by atoms with van der Waals surface area (Å²) in [5, 5.41) is 33.9. The number of fused-ring (bicyclic) bond motifs is 5. The molecule has 378 valence electrons. The summed E-state index contributed by atoms with van der Waals surface area (Å²) in [5.41, 5.74) is 1.14. The maximum atomic E-state index is 17.0. The quantitative estimate of drug-likeness (QED) is 0.125. The number of alkyl halides is 1.